The average molecular weight is 432 g/mol. The molecule has 2 aliphatic heterocycles. The number of hydrogen-bond acceptors (Lipinski definition) is 9. The van der Waals surface area contributed by atoms with Gasteiger partial charge in [-0.25, -0.2) is 9.78 Å². The largest absolute Gasteiger partial charge is 0.477 e. The normalized spacial score (nSPS) is 22.0. The van der Waals surface area contributed by atoms with E-state index in [4.69, 9.17) is 16.8 Å². The van der Waals surface area contributed by atoms with Crippen LogP contribution in [0, 0.1) is 0 Å². The molecule has 3 heterocycles. The van der Waals surface area contributed by atoms with Crippen LogP contribution in [0.3, 0.4) is 0 Å². The van der Waals surface area contributed by atoms with Crippen LogP contribution >= 0.6 is 34.7 Å². The summed E-state index contributed by atoms with van der Waals surface area (Å²) in [7, 11) is 0. The Morgan fingerprint density at radius 3 is 2.85 bits per heavy atom. The van der Waals surface area contributed by atoms with E-state index in [9.17, 15) is 24.3 Å². The maximum Gasteiger partial charge on any atom is 0.353 e. The molecule has 0 spiro atoms. The SMILES string of the molecule is O=CNc1nc(C(=NO)C(=O)NC2C(=O)N3C(C(=O)O)=C(Cl)CS[C@H]23)cs1. The van der Waals surface area contributed by atoms with Crippen LogP contribution in [0.1, 0.15) is 5.69 Å². The summed E-state index contributed by atoms with van der Waals surface area (Å²) in [4.78, 5) is 51.3. The lowest BCUT2D eigenvalue weighted by molar-refractivity contribution is -0.150. The molecule has 14 heteroatoms. The molecule has 0 aromatic carbocycles. The first-order valence-electron chi connectivity index (χ1n) is 7.14. The zero-order chi connectivity index (χ0) is 19.7. The molecule has 11 nitrogen and oxygen atoms in total. The highest BCUT2D eigenvalue weighted by Crippen LogP contribution is 2.41. The molecule has 0 saturated carbocycles. The summed E-state index contributed by atoms with van der Waals surface area (Å²) in [5.74, 6) is -2.68. The Labute approximate surface area is 164 Å². The molecule has 3 rings (SSSR count). The third kappa shape index (κ3) is 3.36. The van der Waals surface area contributed by atoms with Crippen molar-refractivity contribution in [3.63, 3.8) is 0 Å². The van der Waals surface area contributed by atoms with Crippen LogP contribution in [0.4, 0.5) is 5.13 Å². The molecule has 2 aliphatic rings. The van der Waals surface area contributed by atoms with E-state index in [2.05, 4.69) is 20.8 Å². The third-order valence-corrected chi connectivity index (χ3v) is 6.18. The zero-order valence-electron chi connectivity index (χ0n) is 13.1. The Bertz CT molecular complexity index is 900. The van der Waals surface area contributed by atoms with Crippen molar-refractivity contribution in [2.24, 2.45) is 5.16 Å². The lowest BCUT2D eigenvalue weighted by Gasteiger charge is -2.48. The van der Waals surface area contributed by atoms with Gasteiger partial charge in [-0.3, -0.25) is 19.3 Å². The van der Waals surface area contributed by atoms with Crippen molar-refractivity contribution in [1.82, 2.24) is 15.2 Å². The van der Waals surface area contributed by atoms with Gasteiger partial charge in [-0.1, -0.05) is 16.8 Å². The maximum atomic E-state index is 12.4. The van der Waals surface area contributed by atoms with Crippen LogP contribution in [-0.2, 0) is 19.2 Å². The van der Waals surface area contributed by atoms with Crippen molar-refractivity contribution in [3.05, 3.63) is 21.8 Å². The summed E-state index contributed by atoms with van der Waals surface area (Å²) >= 11 is 8.08. The van der Waals surface area contributed by atoms with E-state index in [0.29, 0.717) is 6.41 Å². The van der Waals surface area contributed by atoms with Crippen molar-refractivity contribution in [2.75, 3.05) is 11.1 Å². The topological polar surface area (TPSA) is 161 Å². The number of nitrogens with one attached hydrogen (secondary N) is 2. The number of carbonyl (C=O) groups is 4. The Balaban J connectivity index is 1.74. The minimum atomic E-state index is -1.33. The van der Waals surface area contributed by atoms with Crippen LogP contribution < -0.4 is 10.6 Å². The number of amides is 3. The van der Waals surface area contributed by atoms with Gasteiger partial charge in [0, 0.05) is 11.1 Å². The van der Waals surface area contributed by atoms with E-state index in [1.54, 1.807) is 0 Å². The van der Waals surface area contributed by atoms with E-state index in [1.165, 1.54) is 17.1 Å². The number of fused-ring (bicyclic) bond motifs is 1. The minimum Gasteiger partial charge on any atom is -0.477 e. The summed E-state index contributed by atoms with van der Waals surface area (Å²) in [6.45, 7) is 0. The van der Waals surface area contributed by atoms with Gasteiger partial charge in [0.05, 0.1) is 5.03 Å². The average Bonchev–Trinajstić information content (AvgIpc) is 3.08. The molecule has 3 amide bonds. The second-order valence-electron chi connectivity index (χ2n) is 5.17. The van der Waals surface area contributed by atoms with Crippen LogP contribution in [0.25, 0.3) is 0 Å². The van der Waals surface area contributed by atoms with Crippen molar-refractivity contribution < 1.29 is 29.5 Å². The lowest BCUT2D eigenvalue weighted by Crippen LogP contribution is -2.70. The molecule has 142 valence electrons. The van der Waals surface area contributed by atoms with E-state index >= 15 is 0 Å². The first-order chi connectivity index (χ1) is 12.9. The molecule has 0 bridgehead atoms. The number of carbonyl (C=O) groups excluding carboxylic acids is 3. The molecule has 27 heavy (non-hydrogen) atoms. The zero-order valence-corrected chi connectivity index (χ0v) is 15.5. The number of rotatable bonds is 6. The fraction of sp³-hybridized carbons (Fsp3) is 0.231. The molecular weight excluding hydrogens is 422 g/mol. The van der Waals surface area contributed by atoms with Crippen LogP contribution in [0.2, 0.25) is 0 Å². The molecule has 0 aliphatic carbocycles. The second-order valence-corrected chi connectivity index (χ2v) is 7.59. The van der Waals surface area contributed by atoms with Gasteiger partial charge >= 0.3 is 5.97 Å². The number of halogens is 1. The van der Waals surface area contributed by atoms with Gasteiger partial charge in [-0.2, -0.15) is 0 Å². The standard InChI is InChI=1S/C13H10ClN5O6S2/c14-4-1-26-11-7(10(22)19(11)8(4)12(23)24)17-9(21)6(18-25)5-2-27-13(16-5)15-3-20/h2-3,7,11,25H,1H2,(H,17,21)(H,23,24)(H,15,16,20)/t7?,11-/m1/s1. The highest BCUT2D eigenvalue weighted by atomic mass is 35.5. The van der Waals surface area contributed by atoms with E-state index in [0.717, 1.165) is 16.2 Å². The number of nitrogens with zero attached hydrogens (tertiary/aromatic N) is 3. The van der Waals surface area contributed by atoms with Gasteiger partial charge in [0.2, 0.25) is 6.41 Å². The smallest absolute Gasteiger partial charge is 0.353 e. The molecule has 2 atom stereocenters. The molecule has 0 radical (unpaired) electrons. The Hall–Kier alpha value is -2.64. The Morgan fingerprint density at radius 2 is 2.22 bits per heavy atom. The van der Waals surface area contributed by atoms with Crippen LogP contribution in [0.15, 0.2) is 21.3 Å². The Morgan fingerprint density at radius 1 is 1.48 bits per heavy atom. The highest BCUT2D eigenvalue weighted by molar-refractivity contribution is 8.00. The second kappa shape index (κ2) is 7.54. The lowest BCUT2D eigenvalue weighted by atomic mass is 10.0. The number of oxime groups is 1. The van der Waals surface area contributed by atoms with E-state index in [-0.39, 0.29) is 27.3 Å². The fourth-order valence-corrected chi connectivity index (χ4v) is 4.71. The number of aromatic nitrogens is 1. The molecule has 1 aromatic rings. The summed E-state index contributed by atoms with van der Waals surface area (Å²) < 4.78 is 0. The van der Waals surface area contributed by atoms with Gasteiger partial charge in [-0.05, 0) is 0 Å². The molecule has 1 saturated heterocycles. The number of aliphatic carboxylic acids is 1. The first kappa shape index (κ1) is 19.1. The number of hydrogen-bond donors (Lipinski definition) is 4. The van der Waals surface area contributed by atoms with Crippen molar-refractivity contribution >= 4 is 69.7 Å². The molecule has 1 aromatic heterocycles. The molecule has 1 fully saturated rings. The summed E-state index contributed by atoms with van der Waals surface area (Å²) in [6, 6.07) is -1.01. The number of β-lactam (4-membered cyclic amide) rings is 1. The van der Waals surface area contributed by atoms with Crippen LogP contribution in [0.5, 0.6) is 0 Å². The van der Waals surface area contributed by atoms with Crippen LogP contribution in [-0.4, -0.2) is 67.3 Å². The Kier molecular flexibility index (Phi) is 5.34. The summed E-state index contributed by atoms with van der Waals surface area (Å²) in [5.41, 5.74) is -0.765. The number of thiazole rings is 1. The number of anilines is 1. The van der Waals surface area contributed by atoms with Gasteiger partial charge in [0.15, 0.2) is 10.8 Å². The van der Waals surface area contributed by atoms with E-state index in [1.807, 2.05) is 0 Å². The van der Waals surface area contributed by atoms with Gasteiger partial charge < -0.3 is 20.9 Å². The number of carboxylic acid groups (broad SMARTS) is 1. The summed E-state index contributed by atoms with van der Waals surface area (Å²) in [6.07, 6.45) is 0.402. The number of carboxylic acids is 1. The maximum absolute atomic E-state index is 12.4. The molecule has 4 N–H and O–H groups in total. The predicted octanol–water partition coefficient (Wildman–Crippen LogP) is -0.175. The van der Waals surface area contributed by atoms with Crippen molar-refractivity contribution in [1.29, 1.82) is 0 Å². The third-order valence-electron chi connectivity index (χ3n) is 3.66. The summed E-state index contributed by atoms with van der Waals surface area (Å²) in [5, 5.41) is 26.9. The van der Waals surface area contributed by atoms with Gasteiger partial charge in [0.1, 0.15) is 22.8 Å². The van der Waals surface area contributed by atoms with Crippen molar-refractivity contribution in [2.45, 2.75) is 11.4 Å². The number of thioether (sulfide) groups is 1. The first-order valence-corrected chi connectivity index (χ1v) is 9.45. The van der Waals surface area contributed by atoms with Gasteiger partial charge in [-0.15, -0.1) is 23.1 Å². The molecular formula is C13H10ClN5O6S2. The monoisotopic (exact) mass is 431 g/mol. The molecule has 1 unspecified atom stereocenters. The quantitative estimate of drug-likeness (QED) is 0.158. The minimum absolute atomic E-state index is 0.00144. The van der Waals surface area contributed by atoms with E-state index < -0.39 is 34.9 Å². The van der Waals surface area contributed by atoms with Crippen molar-refractivity contribution in [3.8, 4) is 0 Å². The van der Waals surface area contributed by atoms with Gasteiger partial charge in [0.25, 0.3) is 11.8 Å². The highest BCUT2D eigenvalue weighted by Gasteiger charge is 2.54. The fourth-order valence-electron chi connectivity index (χ4n) is 2.50. The predicted molar refractivity (Wildman–Crippen MR) is 95.7 cm³/mol.